The van der Waals surface area contributed by atoms with Crippen LogP contribution in [0, 0.1) is 0 Å². The molecule has 2 N–H and O–H groups in total. The van der Waals surface area contributed by atoms with Crippen LogP contribution in [0.3, 0.4) is 0 Å². The largest absolute Gasteiger partial charge is 0.368 e. The molecule has 0 saturated heterocycles. The summed E-state index contributed by atoms with van der Waals surface area (Å²) in [4.78, 5) is 16.1. The SMILES string of the molecule is CSc1nc(N)nc(-c2cc(Cl)nc(Cl)c2)n1. The van der Waals surface area contributed by atoms with E-state index in [1.807, 2.05) is 6.26 Å². The van der Waals surface area contributed by atoms with Crippen molar-refractivity contribution in [3.8, 4) is 11.4 Å². The van der Waals surface area contributed by atoms with Crippen molar-refractivity contribution >= 4 is 40.9 Å². The lowest BCUT2D eigenvalue weighted by molar-refractivity contribution is 0.927. The molecule has 2 rings (SSSR count). The summed E-state index contributed by atoms with van der Waals surface area (Å²) in [5.74, 6) is 0.580. The quantitative estimate of drug-likeness (QED) is 0.676. The Morgan fingerprint density at radius 2 is 1.71 bits per heavy atom. The number of rotatable bonds is 2. The van der Waals surface area contributed by atoms with Gasteiger partial charge >= 0.3 is 0 Å². The molecule has 2 heterocycles. The van der Waals surface area contributed by atoms with Gasteiger partial charge in [0.15, 0.2) is 11.0 Å². The second-order valence-corrected chi connectivity index (χ2v) is 4.55. The van der Waals surface area contributed by atoms with E-state index < -0.39 is 0 Å². The van der Waals surface area contributed by atoms with Gasteiger partial charge in [0, 0.05) is 5.56 Å². The molecule has 0 aromatic carbocycles. The zero-order valence-electron chi connectivity index (χ0n) is 8.69. The third kappa shape index (κ3) is 2.96. The second-order valence-electron chi connectivity index (χ2n) is 3.01. The highest BCUT2D eigenvalue weighted by Gasteiger charge is 2.08. The zero-order chi connectivity index (χ0) is 12.4. The van der Waals surface area contributed by atoms with Crippen LogP contribution in [0.5, 0.6) is 0 Å². The summed E-state index contributed by atoms with van der Waals surface area (Å²) in [5.41, 5.74) is 6.24. The van der Waals surface area contributed by atoms with Gasteiger partial charge in [-0.3, -0.25) is 0 Å². The number of nitrogens with two attached hydrogens (primary N) is 1. The minimum atomic E-state index is 0.156. The highest BCUT2D eigenvalue weighted by atomic mass is 35.5. The molecule has 0 aliphatic carbocycles. The van der Waals surface area contributed by atoms with Crippen molar-refractivity contribution in [3.63, 3.8) is 0 Å². The van der Waals surface area contributed by atoms with Gasteiger partial charge in [-0.15, -0.1) is 0 Å². The number of hydrogen-bond donors (Lipinski definition) is 1. The van der Waals surface area contributed by atoms with E-state index in [1.54, 1.807) is 12.1 Å². The summed E-state index contributed by atoms with van der Waals surface area (Å²) in [6, 6.07) is 3.23. The minimum absolute atomic E-state index is 0.156. The van der Waals surface area contributed by atoms with Gasteiger partial charge in [0.05, 0.1) is 0 Å². The Balaban J connectivity index is 2.55. The molecular formula is C9H7Cl2N5S. The zero-order valence-corrected chi connectivity index (χ0v) is 11.0. The first-order valence-corrected chi connectivity index (χ1v) is 6.45. The molecule has 0 fully saturated rings. The maximum atomic E-state index is 5.81. The van der Waals surface area contributed by atoms with E-state index in [2.05, 4.69) is 19.9 Å². The average molecular weight is 288 g/mol. The van der Waals surface area contributed by atoms with Crippen molar-refractivity contribution in [1.82, 2.24) is 19.9 Å². The fraction of sp³-hybridized carbons (Fsp3) is 0.111. The summed E-state index contributed by atoms with van der Waals surface area (Å²) in [7, 11) is 0. The molecule has 0 bridgehead atoms. The molecule has 0 aliphatic heterocycles. The Morgan fingerprint density at radius 3 is 2.29 bits per heavy atom. The lowest BCUT2D eigenvalue weighted by Gasteiger charge is -2.03. The van der Waals surface area contributed by atoms with Gasteiger partial charge in [0.1, 0.15) is 10.3 Å². The number of thioether (sulfide) groups is 1. The molecule has 0 unspecified atom stereocenters. The van der Waals surface area contributed by atoms with E-state index in [9.17, 15) is 0 Å². The molecule has 0 aliphatic rings. The van der Waals surface area contributed by atoms with Crippen molar-refractivity contribution in [1.29, 1.82) is 0 Å². The number of pyridine rings is 1. The summed E-state index contributed by atoms with van der Waals surface area (Å²) in [5, 5.41) is 1.09. The van der Waals surface area contributed by atoms with E-state index in [0.29, 0.717) is 16.5 Å². The number of halogens is 2. The van der Waals surface area contributed by atoms with E-state index in [1.165, 1.54) is 11.8 Å². The first-order valence-electron chi connectivity index (χ1n) is 4.47. The number of aromatic nitrogens is 4. The Morgan fingerprint density at radius 1 is 1.06 bits per heavy atom. The molecule has 5 nitrogen and oxygen atoms in total. The summed E-state index contributed by atoms with van der Waals surface area (Å²) in [6.07, 6.45) is 1.85. The topological polar surface area (TPSA) is 77.6 Å². The normalized spacial score (nSPS) is 10.5. The highest BCUT2D eigenvalue weighted by molar-refractivity contribution is 7.98. The fourth-order valence-electron chi connectivity index (χ4n) is 1.19. The van der Waals surface area contributed by atoms with Gasteiger partial charge in [-0.05, 0) is 18.4 Å². The van der Waals surface area contributed by atoms with Crippen LogP contribution in [0.1, 0.15) is 0 Å². The van der Waals surface area contributed by atoms with Crippen LogP contribution >= 0.6 is 35.0 Å². The maximum absolute atomic E-state index is 5.81. The number of nitrogen functional groups attached to an aromatic ring is 1. The highest BCUT2D eigenvalue weighted by Crippen LogP contribution is 2.23. The predicted octanol–water partition coefficient (Wildman–Crippen LogP) is 2.54. The first-order chi connectivity index (χ1) is 8.08. The van der Waals surface area contributed by atoms with Gasteiger partial charge in [-0.2, -0.15) is 9.97 Å². The molecule has 0 amide bonds. The molecule has 0 atom stereocenters. The predicted molar refractivity (Wildman–Crippen MR) is 69.3 cm³/mol. The van der Waals surface area contributed by atoms with Crippen LogP contribution in [-0.4, -0.2) is 26.2 Å². The van der Waals surface area contributed by atoms with Crippen LogP contribution in [0.15, 0.2) is 17.3 Å². The average Bonchev–Trinajstić information content (AvgIpc) is 2.26. The van der Waals surface area contributed by atoms with Gasteiger partial charge in [0.25, 0.3) is 0 Å². The van der Waals surface area contributed by atoms with E-state index >= 15 is 0 Å². The van der Waals surface area contributed by atoms with Gasteiger partial charge in [-0.1, -0.05) is 35.0 Å². The van der Waals surface area contributed by atoms with Crippen molar-refractivity contribution in [3.05, 3.63) is 22.4 Å². The summed E-state index contributed by atoms with van der Waals surface area (Å²) in [6.45, 7) is 0. The van der Waals surface area contributed by atoms with Crippen molar-refractivity contribution in [2.75, 3.05) is 12.0 Å². The Hall–Kier alpha value is -1.11. The third-order valence-electron chi connectivity index (χ3n) is 1.84. The monoisotopic (exact) mass is 287 g/mol. The minimum Gasteiger partial charge on any atom is -0.368 e. The fourth-order valence-corrected chi connectivity index (χ4v) is 2.01. The molecule has 2 aromatic rings. The van der Waals surface area contributed by atoms with Crippen LogP contribution in [0.25, 0.3) is 11.4 Å². The summed E-state index contributed by atoms with van der Waals surface area (Å²) < 4.78 is 0. The van der Waals surface area contributed by atoms with Gasteiger partial charge < -0.3 is 5.73 Å². The smallest absolute Gasteiger partial charge is 0.224 e. The second kappa shape index (κ2) is 5.03. The lowest BCUT2D eigenvalue weighted by atomic mass is 10.2. The van der Waals surface area contributed by atoms with E-state index in [0.717, 1.165) is 0 Å². The number of nitrogens with zero attached hydrogens (tertiary/aromatic N) is 4. The van der Waals surface area contributed by atoms with Gasteiger partial charge in [-0.25, -0.2) is 9.97 Å². The van der Waals surface area contributed by atoms with Crippen LogP contribution < -0.4 is 5.73 Å². The van der Waals surface area contributed by atoms with Crippen molar-refractivity contribution < 1.29 is 0 Å². The van der Waals surface area contributed by atoms with Gasteiger partial charge in [0.2, 0.25) is 5.95 Å². The molecule has 8 heteroatoms. The Bertz CT molecular complexity index is 543. The molecule has 2 aromatic heterocycles. The van der Waals surface area contributed by atoms with Crippen molar-refractivity contribution in [2.45, 2.75) is 5.16 Å². The number of anilines is 1. The first kappa shape index (κ1) is 12.3. The molecule has 17 heavy (non-hydrogen) atoms. The standard InChI is InChI=1S/C9H7Cl2N5S/c1-17-9-15-7(14-8(12)16-9)4-2-5(10)13-6(11)3-4/h2-3H,1H3,(H2,12,14,15,16). The van der Waals surface area contributed by atoms with Crippen LogP contribution in [-0.2, 0) is 0 Å². The van der Waals surface area contributed by atoms with Crippen molar-refractivity contribution in [2.24, 2.45) is 0 Å². The molecule has 88 valence electrons. The third-order valence-corrected chi connectivity index (χ3v) is 2.77. The maximum Gasteiger partial charge on any atom is 0.224 e. The van der Waals surface area contributed by atoms with E-state index in [-0.39, 0.29) is 16.3 Å². The molecule has 0 radical (unpaired) electrons. The molecule has 0 spiro atoms. The molecular weight excluding hydrogens is 281 g/mol. The van der Waals surface area contributed by atoms with Crippen LogP contribution in [0.2, 0.25) is 10.3 Å². The number of hydrogen-bond acceptors (Lipinski definition) is 6. The van der Waals surface area contributed by atoms with E-state index in [4.69, 9.17) is 28.9 Å². The van der Waals surface area contributed by atoms with Crippen LogP contribution in [0.4, 0.5) is 5.95 Å². The Kier molecular flexibility index (Phi) is 3.66. The summed E-state index contributed by atoms with van der Waals surface area (Å²) >= 11 is 13.0. The Labute approximate surface area is 112 Å². The lowest BCUT2D eigenvalue weighted by Crippen LogP contribution is -2.01. The molecule has 0 saturated carbocycles.